The Kier molecular flexibility index (Phi) is 11.6. The third-order valence-corrected chi connectivity index (χ3v) is 6.45. The normalized spacial score (nSPS) is 18.7. The maximum Gasteiger partial charge on any atom is 0.160 e. The van der Waals surface area contributed by atoms with Crippen LogP contribution in [0.3, 0.4) is 0 Å². The summed E-state index contributed by atoms with van der Waals surface area (Å²) in [5, 5.41) is 14.0. The van der Waals surface area contributed by atoms with Crippen molar-refractivity contribution in [2.75, 3.05) is 47.7 Å². The summed E-state index contributed by atoms with van der Waals surface area (Å²) in [6, 6.07) is 14.2. The molecule has 1 aliphatic rings. The summed E-state index contributed by atoms with van der Waals surface area (Å²) in [6.07, 6.45) is 5.69. The van der Waals surface area contributed by atoms with Crippen molar-refractivity contribution in [2.24, 2.45) is 0 Å². The van der Waals surface area contributed by atoms with E-state index in [4.69, 9.17) is 23.7 Å². The topological polar surface area (TPSA) is 78.4 Å². The van der Waals surface area contributed by atoms with Gasteiger partial charge in [0.15, 0.2) is 11.5 Å². The van der Waals surface area contributed by atoms with Crippen molar-refractivity contribution >= 4 is 0 Å². The molecule has 1 saturated carbocycles. The fourth-order valence-electron chi connectivity index (χ4n) is 4.41. The van der Waals surface area contributed by atoms with Gasteiger partial charge in [-0.25, -0.2) is 0 Å². The molecule has 2 aromatic rings. The summed E-state index contributed by atoms with van der Waals surface area (Å²) < 4.78 is 27.9. The average Bonchev–Trinajstić information content (AvgIpc) is 2.90. The predicted octanol–water partition coefficient (Wildman–Crippen LogP) is 3.79. The Bertz CT molecular complexity index is 859. The molecular weight excluding hydrogens is 446 g/mol. The van der Waals surface area contributed by atoms with Gasteiger partial charge in [0.25, 0.3) is 0 Å². The first-order valence-electron chi connectivity index (χ1n) is 12.6. The monoisotopic (exact) mass is 487 g/mol. The molecule has 0 heterocycles. The van der Waals surface area contributed by atoms with Crippen LogP contribution < -0.4 is 19.5 Å². The number of aliphatic hydroxyl groups is 1. The van der Waals surface area contributed by atoms with E-state index in [-0.39, 0.29) is 18.8 Å². The molecule has 1 aliphatic carbocycles. The van der Waals surface area contributed by atoms with Crippen molar-refractivity contribution in [1.82, 2.24) is 5.32 Å². The van der Waals surface area contributed by atoms with Gasteiger partial charge < -0.3 is 34.1 Å². The van der Waals surface area contributed by atoms with Crippen LogP contribution in [0.15, 0.2) is 42.5 Å². The van der Waals surface area contributed by atoms with E-state index in [1.54, 1.807) is 21.3 Å². The lowest BCUT2D eigenvalue weighted by molar-refractivity contribution is 0.00183. The Morgan fingerprint density at radius 2 is 1.60 bits per heavy atom. The molecule has 0 aliphatic heterocycles. The van der Waals surface area contributed by atoms with Crippen LogP contribution in [0.4, 0.5) is 0 Å². The third kappa shape index (κ3) is 9.00. The average molecular weight is 488 g/mol. The molecule has 0 unspecified atom stereocenters. The first kappa shape index (κ1) is 27.3. The Balaban J connectivity index is 1.39. The number of ether oxygens (including phenoxy) is 5. The molecule has 2 aromatic carbocycles. The van der Waals surface area contributed by atoms with Gasteiger partial charge in [0.2, 0.25) is 0 Å². The summed E-state index contributed by atoms with van der Waals surface area (Å²) in [5.74, 6) is 2.23. The lowest BCUT2D eigenvalue weighted by atomic mass is 9.92. The summed E-state index contributed by atoms with van der Waals surface area (Å²) in [4.78, 5) is 0. The third-order valence-electron chi connectivity index (χ3n) is 6.45. The summed E-state index contributed by atoms with van der Waals surface area (Å²) in [7, 11) is 4.99. The zero-order valence-corrected chi connectivity index (χ0v) is 21.3. The summed E-state index contributed by atoms with van der Waals surface area (Å²) in [6.45, 7) is 2.07. The zero-order chi connectivity index (χ0) is 24.9. The minimum Gasteiger partial charge on any atom is -0.493 e. The van der Waals surface area contributed by atoms with Gasteiger partial charge in [0.05, 0.1) is 33.5 Å². The fraction of sp³-hybridized carbons (Fsp3) is 0.571. The van der Waals surface area contributed by atoms with E-state index >= 15 is 0 Å². The Hall–Kier alpha value is -2.32. The number of nitrogens with one attached hydrogen (secondary N) is 1. The molecule has 35 heavy (non-hydrogen) atoms. The number of rotatable bonds is 15. The van der Waals surface area contributed by atoms with Gasteiger partial charge >= 0.3 is 0 Å². The van der Waals surface area contributed by atoms with E-state index in [2.05, 4.69) is 5.32 Å². The van der Waals surface area contributed by atoms with Crippen LogP contribution in [0.1, 0.15) is 36.8 Å². The maximum absolute atomic E-state index is 10.4. The van der Waals surface area contributed by atoms with Gasteiger partial charge in [-0.05, 0) is 61.1 Å². The highest BCUT2D eigenvalue weighted by molar-refractivity contribution is 5.42. The van der Waals surface area contributed by atoms with Gasteiger partial charge in [0.1, 0.15) is 18.5 Å². The molecule has 3 atom stereocenters. The molecule has 0 amide bonds. The fourth-order valence-corrected chi connectivity index (χ4v) is 4.41. The van der Waals surface area contributed by atoms with Crippen LogP contribution in [-0.2, 0) is 22.3 Å². The zero-order valence-electron chi connectivity index (χ0n) is 21.3. The minimum absolute atomic E-state index is 0.150. The number of methoxy groups -OCH3 is 3. The van der Waals surface area contributed by atoms with Crippen molar-refractivity contribution in [3.8, 4) is 17.2 Å². The molecule has 1 fully saturated rings. The van der Waals surface area contributed by atoms with E-state index in [0.29, 0.717) is 19.8 Å². The van der Waals surface area contributed by atoms with Gasteiger partial charge in [0, 0.05) is 19.7 Å². The minimum atomic E-state index is -0.586. The lowest BCUT2D eigenvalue weighted by Crippen LogP contribution is -2.47. The van der Waals surface area contributed by atoms with Crippen LogP contribution in [0, 0.1) is 0 Å². The molecule has 7 nitrogen and oxygen atoms in total. The van der Waals surface area contributed by atoms with Crippen LogP contribution in [0.5, 0.6) is 17.2 Å². The molecule has 2 N–H and O–H groups in total. The van der Waals surface area contributed by atoms with Crippen molar-refractivity contribution in [3.63, 3.8) is 0 Å². The molecule has 7 heteroatoms. The van der Waals surface area contributed by atoms with Crippen molar-refractivity contribution in [1.29, 1.82) is 0 Å². The first-order valence-corrected chi connectivity index (χ1v) is 12.6. The van der Waals surface area contributed by atoms with Gasteiger partial charge in [-0.1, -0.05) is 31.0 Å². The molecule has 194 valence electrons. The second kappa shape index (κ2) is 14.9. The second-order valence-electron chi connectivity index (χ2n) is 9.00. The van der Waals surface area contributed by atoms with Crippen LogP contribution >= 0.6 is 0 Å². The quantitative estimate of drug-likeness (QED) is 0.396. The van der Waals surface area contributed by atoms with E-state index in [1.807, 2.05) is 42.5 Å². The van der Waals surface area contributed by atoms with Crippen LogP contribution in [0.2, 0.25) is 0 Å². The smallest absolute Gasteiger partial charge is 0.160 e. The van der Waals surface area contributed by atoms with Crippen LogP contribution in [0.25, 0.3) is 0 Å². The van der Waals surface area contributed by atoms with Crippen molar-refractivity contribution < 1.29 is 28.8 Å². The SMILES string of the molecule is COCCc1ccc(OC[C@H](O)CN[C@@H]2CCCC[C@@H]2OCCc2ccc(OC)c(OC)c2)cc1. The number of hydrogen-bond acceptors (Lipinski definition) is 7. The van der Waals surface area contributed by atoms with Gasteiger partial charge in [-0.15, -0.1) is 0 Å². The molecule has 0 radical (unpaired) electrons. The van der Waals surface area contributed by atoms with Gasteiger partial charge in [-0.3, -0.25) is 0 Å². The Morgan fingerprint density at radius 1 is 0.886 bits per heavy atom. The van der Waals surface area contributed by atoms with Gasteiger partial charge in [-0.2, -0.15) is 0 Å². The molecule has 0 saturated heterocycles. The van der Waals surface area contributed by atoms with E-state index in [0.717, 1.165) is 48.5 Å². The predicted molar refractivity (Wildman–Crippen MR) is 137 cm³/mol. The van der Waals surface area contributed by atoms with E-state index in [9.17, 15) is 5.11 Å². The molecule has 3 rings (SSSR count). The molecule has 0 bridgehead atoms. The van der Waals surface area contributed by atoms with Crippen molar-refractivity contribution in [3.05, 3.63) is 53.6 Å². The standard InChI is InChI=1S/C28H41NO6/c1-31-16-14-21-8-11-24(12-9-21)35-20-23(30)19-29-25-6-4-5-7-26(25)34-17-15-22-10-13-27(32-2)28(18-22)33-3/h8-13,18,23,25-26,29-30H,4-7,14-17,19-20H2,1-3H3/t23-,25-,26+/m1/s1. The Morgan fingerprint density at radius 3 is 2.34 bits per heavy atom. The number of benzene rings is 2. The number of aliphatic hydroxyl groups excluding tert-OH is 1. The summed E-state index contributed by atoms with van der Waals surface area (Å²) >= 11 is 0. The molecular formula is C28H41NO6. The Labute approximate surface area is 209 Å². The highest BCUT2D eigenvalue weighted by Crippen LogP contribution is 2.28. The molecule has 0 aromatic heterocycles. The maximum atomic E-state index is 10.4. The highest BCUT2D eigenvalue weighted by Gasteiger charge is 2.26. The lowest BCUT2D eigenvalue weighted by Gasteiger charge is -2.33. The molecule has 0 spiro atoms. The number of hydrogen-bond donors (Lipinski definition) is 2. The van der Waals surface area contributed by atoms with E-state index in [1.165, 1.54) is 18.4 Å². The summed E-state index contributed by atoms with van der Waals surface area (Å²) in [5.41, 5.74) is 2.36. The highest BCUT2D eigenvalue weighted by atomic mass is 16.5. The van der Waals surface area contributed by atoms with E-state index < -0.39 is 6.10 Å². The largest absolute Gasteiger partial charge is 0.493 e. The van der Waals surface area contributed by atoms with Crippen molar-refractivity contribution in [2.45, 2.75) is 56.8 Å². The first-order chi connectivity index (χ1) is 17.1. The second-order valence-corrected chi connectivity index (χ2v) is 9.00. The van der Waals surface area contributed by atoms with Crippen LogP contribution in [-0.4, -0.2) is 71.1 Å².